The number of halogens is 2. The number of nitrogens with one attached hydrogen (secondary N) is 1. The molecule has 0 unspecified atom stereocenters. The van der Waals surface area contributed by atoms with Gasteiger partial charge in [-0.15, -0.1) is 0 Å². The molecule has 0 aliphatic rings. The van der Waals surface area contributed by atoms with E-state index >= 15 is 0 Å². The number of hydrogen-bond acceptors (Lipinski definition) is 2. The molecule has 0 aliphatic heterocycles. The Morgan fingerprint density at radius 2 is 2.21 bits per heavy atom. The Morgan fingerprint density at radius 1 is 1.43 bits per heavy atom. The molecule has 0 atom stereocenters. The number of H-pyrrole nitrogens is 1. The van der Waals surface area contributed by atoms with Gasteiger partial charge in [0.15, 0.2) is 5.82 Å². The highest BCUT2D eigenvalue weighted by atomic mass is 127. The van der Waals surface area contributed by atoms with Crippen LogP contribution in [0.1, 0.15) is 5.82 Å². The predicted octanol–water partition coefficient (Wildman–Crippen LogP) is 2.52. The number of aromatic amines is 1. The molecule has 0 radical (unpaired) electrons. The van der Waals surface area contributed by atoms with Gasteiger partial charge in [0, 0.05) is 9.13 Å². The van der Waals surface area contributed by atoms with Gasteiger partial charge in [-0.3, -0.25) is 5.10 Å². The van der Waals surface area contributed by atoms with Crippen LogP contribution in [0, 0.1) is 16.3 Å². The van der Waals surface area contributed by atoms with E-state index in [1.54, 1.807) is 13.0 Å². The Bertz CT molecular complexity index is 467. The van der Waals surface area contributed by atoms with Crippen LogP contribution in [0.25, 0.3) is 11.4 Å². The van der Waals surface area contributed by atoms with Crippen LogP contribution < -0.4 is 0 Å². The van der Waals surface area contributed by atoms with Crippen molar-refractivity contribution in [3.05, 3.63) is 33.4 Å². The Kier molecular flexibility index (Phi) is 2.49. The maximum absolute atomic E-state index is 12.8. The summed E-state index contributed by atoms with van der Waals surface area (Å²) in [5.74, 6) is 1.11. The smallest absolute Gasteiger partial charge is 0.156 e. The number of nitrogens with zero attached hydrogens (tertiary/aromatic N) is 2. The van der Waals surface area contributed by atoms with Gasteiger partial charge in [0.1, 0.15) is 11.6 Å². The maximum atomic E-state index is 12.8. The van der Waals surface area contributed by atoms with Gasteiger partial charge in [0.25, 0.3) is 0 Å². The zero-order valence-electron chi connectivity index (χ0n) is 7.38. The zero-order chi connectivity index (χ0) is 10.1. The fraction of sp³-hybridized carbons (Fsp3) is 0.111. The minimum Gasteiger partial charge on any atom is -0.259 e. The molecule has 5 heteroatoms. The molecule has 0 saturated carbocycles. The van der Waals surface area contributed by atoms with E-state index < -0.39 is 0 Å². The summed E-state index contributed by atoms with van der Waals surface area (Å²) < 4.78 is 13.6. The second-order valence-electron chi connectivity index (χ2n) is 2.86. The second-order valence-corrected chi connectivity index (χ2v) is 4.02. The number of aromatic nitrogens is 3. The molecular weight excluding hydrogens is 296 g/mol. The Hall–Kier alpha value is -0.980. The van der Waals surface area contributed by atoms with Gasteiger partial charge >= 0.3 is 0 Å². The Balaban J connectivity index is 2.52. The van der Waals surface area contributed by atoms with Crippen LogP contribution in [0.5, 0.6) is 0 Å². The molecule has 0 fully saturated rings. The first-order valence-corrected chi connectivity index (χ1v) is 5.09. The quantitative estimate of drug-likeness (QED) is 0.823. The van der Waals surface area contributed by atoms with Crippen LogP contribution in [0.4, 0.5) is 4.39 Å². The third-order valence-electron chi connectivity index (χ3n) is 1.78. The molecule has 1 N–H and O–H groups in total. The molecule has 0 amide bonds. The lowest BCUT2D eigenvalue weighted by molar-refractivity contribution is 0.627. The molecule has 0 aliphatic carbocycles. The monoisotopic (exact) mass is 303 g/mol. The highest BCUT2D eigenvalue weighted by molar-refractivity contribution is 14.1. The molecule has 72 valence electrons. The lowest BCUT2D eigenvalue weighted by Crippen LogP contribution is -1.86. The van der Waals surface area contributed by atoms with Crippen molar-refractivity contribution in [2.75, 3.05) is 0 Å². The van der Waals surface area contributed by atoms with Crippen LogP contribution in [-0.2, 0) is 0 Å². The number of aryl methyl sites for hydroxylation is 1. The zero-order valence-corrected chi connectivity index (χ0v) is 9.54. The van der Waals surface area contributed by atoms with Crippen LogP contribution >= 0.6 is 22.6 Å². The summed E-state index contributed by atoms with van der Waals surface area (Å²) in [5.41, 5.74) is 0.868. The molecule has 2 rings (SSSR count). The SMILES string of the molecule is Cc1n[nH]c(-c2ccc(F)cc2I)n1. The van der Waals surface area contributed by atoms with Gasteiger partial charge < -0.3 is 0 Å². The highest BCUT2D eigenvalue weighted by Gasteiger charge is 2.07. The highest BCUT2D eigenvalue weighted by Crippen LogP contribution is 2.22. The minimum atomic E-state index is -0.241. The third kappa shape index (κ3) is 1.77. The Morgan fingerprint density at radius 3 is 2.79 bits per heavy atom. The van der Waals surface area contributed by atoms with Gasteiger partial charge in [-0.1, -0.05) is 0 Å². The summed E-state index contributed by atoms with van der Waals surface area (Å²) in [4.78, 5) is 4.18. The molecule has 2 aromatic rings. The van der Waals surface area contributed by atoms with Crippen molar-refractivity contribution in [1.82, 2.24) is 15.2 Å². The predicted molar refractivity (Wildman–Crippen MR) is 59.2 cm³/mol. The van der Waals surface area contributed by atoms with Crippen molar-refractivity contribution in [2.24, 2.45) is 0 Å². The second kappa shape index (κ2) is 3.64. The molecule has 14 heavy (non-hydrogen) atoms. The van der Waals surface area contributed by atoms with E-state index in [1.165, 1.54) is 12.1 Å². The maximum Gasteiger partial charge on any atom is 0.156 e. The van der Waals surface area contributed by atoms with E-state index in [4.69, 9.17) is 0 Å². The van der Waals surface area contributed by atoms with Gasteiger partial charge in [-0.25, -0.2) is 9.37 Å². The van der Waals surface area contributed by atoms with Gasteiger partial charge in [0.2, 0.25) is 0 Å². The summed E-state index contributed by atoms with van der Waals surface area (Å²) >= 11 is 2.07. The van der Waals surface area contributed by atoms with Gasteiger partial charge in [-0.05, 0) is 47.7 Å². The average molecular weight is 303 g/mol. The largest absolute Gasteiger partial charge is 0.259 e. The first-order valence-electron chi connectivity index (χ1n) is 4.01. The van der Waals surface area contributed by atoms with Crippen LogP contribution in [0.2, 0.25) is 0 Å². The van der Waals surface area contributed by atoms with Gasteiger partial charge in [-0.2, -0.15) is 5.10 Å². The molecule has 0 saturated heterocycles. The van der Waals surface area contributed by atoms with Crippen molar-refractivity contribution in [1.29, 1.82) is 0 Å². The lowest BCUT2D eigenvalue weighted by Gasteiger charge is -1.99. The first-order chi connectivity index (χ1) is 6.66. The number of rotatable bonds is 1. The van der Waals surface area contributed by atoms with E-state index in [0.29, 0.717) is 11.6 Å². The minimum absolute atomic E-state index is 0.241. The van der Waals surface area contributed by atoms with Gasteiger partial charge in [0.05, 0.1) is 0 Å². The number of benzene rings is 1. The normalized spacial score (nSPS) is 10.5. The van der Waals surface area contributed by atoms with E-state index in [-0.39, 0.29) is 5.82 Å². The summed E-state index contributed by atoms with van der Waals surface area (Å²) in [6.45, 7) is 1.80. The summed E-state index contributed by atoms with van der Waals surface area (Å²) in [6.07, 6.45) is 0. The van der Waals surface area contributed by atoms with E-state index in [1.807, 2.05) is 0 Å². The van der Waals surface area contributed by atoms with Crippen molar-refractivity contribution in [3.63, 3.8) is 0 Å². The summed E-state index contributed by atoms with van der Waals surface area (Å²) in [5, 5.41) is 6.72. The Labute approximate surface area is 93.9 Å². The van der Waals surface area contributed by atoms with E-state index in [0.717, 1.165) is 9.13 Å². The van der Waals surface area contributed by atoms with Crippen LogP contribution in [0.15, 0.2) is 18.2 Å². The van der Waals surface area contributed by atoms with Crippen LogP contribution in [0.3, 0.4) is 0 Å². The molecule has 0 bridgehead atoms. The summed E-state index contributed by atoms with van der Waals surface area (Å²) in [7, 11) is 0. The van der Waals surface area contributed by atoms with Crippen molar-refractivity contribution < 1.29 is 4.39 Å². The van der Waals surface area contributed by atoms with Crippen LogP contribution in [-0.4, -0.2) is 15.2 Å². The number of hydrogen-bond donors (Lipinski definition) is 1. The molecule has 0 spiro atoms. The molecular formula is C9H7FIN3. The van der Waals surface area contributed by atoms with Crippen molar-refractivity contribution in [2.45, 2.75) is 6.92 Å². The molecule has 1 aromatic heterocycles. The topological polar surface area (TPSA) is 41.6 Å². The molecule has 3 nitrogen and oxygen atoms in total. The fourth-order valence-corrected chi connectivity index (χ4v) is 1.88. The first kappa shape index (κ1) is 9.57. The summed E-state index contributed by atoms with van der Waals surface area (Å²) in [6, 6.07) is 4.57. The standard InChI is InChI=1S/C9H7FIN3/c1-5-12-9(14-13-5)7-3-2-6(10)4-8(7)11/h2-4H,1H3,(H,12,13,14). The van der Waals surface area contributed by atoms with Crippen molar-refractivity contribution >= 4 is 22.6 Å². The average Bonchev–Trinajstić information content (AvgIpc) is 2.51. The van der Waals surface area contributed by atoms with Crippen molar-refractivity contribution in [3.8, 4) is 11.4 Å². The van der Waals surface area contributed by atoms with E-state index in [9.17, 15) is 4.39 Å². The molecule has 1 aromatic carbocycles. The van der Waals surface area contributed by atoms with E-state index in [2.05, 4.69) is 37.8 Å². The third-order valence-corrected chi connectivity index (χ3v) is 2.68. The molecule has 1 heterocycles. The fourth-order valence-electron chi connectivity index (χ4n) is 1.15. The lowest BCUT2D eigenvalue weighted by atomic mass is 10.2.